The highest BCUT2D eigenvalue weighted by Crippen LogP contribution is 2.69. The molecule has 0 radical (unpaired) electrons. The zero-order chi connectivity index (χ0) is 12.7. The minimum absolute atomic E-state index is 0.0166. The Morgan fingerprint density at radius 2 is 2.22 bits per heavy atom. The third-order valence-electron chi connectivity index (χ3n) is 6.02. The number of ether oxygens (including phenoxy) is 2. The van der Waals surface area contributed by atoms with Crippen LogP contribution in [0.3, 0.4) is 0 Å². The molecule has 0 aromatic heterocycles. The highest BCUT2D eigenvalue weighted by atomic mass is 16.6. The van der Waals surface area contributed by atoms with Gasteiger partial charge in [-0.2, -0.15) is 0 Å². The molecule has 4 fully saturated rings. The van der Waals surface area contributed by atoms with Crippen molar-refractivity contribution < 1.29 is 14.3 Å². The second-order valence-electron chi connectivity index (χ2n) is 6.86. The quantitative estimate of drug-likeness (QED) is 0.375. The molecule has 0 aromatic carbocycles. The summed E-state index contributed by atoms with van der Waals surface area (Å²) in [6, 6.07) is 0. The highest BCUT2D eigenvalue weighted by molar-refractivity contribution is 5.90. The Morgan fingerprint density at radius 3 is 2.94 bits per heavy atom. The SMILES string of the molecule is C=C1C(=O)O[C@H]2C[C@@H](C)[C@H]3CC[C@@]4(C)O[C@@]34C[C@H]12. The Labute approximate surface area is 108 Å². The monoisotopic (exact) mass is 248 g/mol. The lowest BCUT2D eigenvalue weighted by Crippen LogP contribution is -2.29. The van der Waals surface area contributed by atoms with Crippen LogP contribution in [0.1, 0.15) is 39.5 Å². The third-order valence-corrected chi connectivity index (χ3v) is 6.02. The van der Waals surface area contributed by atoms with E-state index in [0.717, 1.165) is 12.8 Å². The molecule has 2 aliphatic heterocycles. The van der Waals surface area contributed by atoms with E-state index < -0.39 is 0 Å². The average molecular weight is 248 g/mol. The van der Waals surface area contributed by atoms with Gasteiger partial charge in [-0.25, -0.2) is 4.79 Å². The summed E-state index contributed by atoms with van der Waals surface area (Å²) in [5, 5.41) is 0. The maximum absolute atomic E-state index is 11.7. The second-order valence-corrected chi connectivity index (χ2v) is 6.86. The topological polar surface area (TPSA) is 38.8 Å². The summed E-state index contributed by atoms with van der Waals surface area (Å²) >= 11 is 0. The van der Waals surface area contributed by atoms with Crippen molar-refractivity contribution in [3.05, 3.63) is 12.2 Å². The van der Waals surface area contributed by atoms with E-state index in [1.807, 2.05) is 0 Å². The van der Waals surface area contributed by atoms with Crippen molar-refractivity contribution >= 4 is 5.97 Å². The fraction of sp³-hybridized carbons (Fsp3) is 0.800. The predicted molar refractivity (Wildman–Crippen MR) is 65.9 cm³/mol. The first-order valence-electron chi connectivity index (χ1n) is 7.07. The van der Waals surface area contributed by atoms with Crippen LogP contribution in [0.15, 0.2) is 12.2 Å². The maximum atomic E-state index is 11.7. The minimum atomic E-state index is -0.188. The maximum Gasteiger partial charge on any atom is 0.334 e. The molecule has 0 bridgehead atoms. The molecule has 2 aliphatic carbocycles. The number of hydrogen-bond donors (Lipinski definition) is 0. The Kier molecular flexibility index (Phi) is 1.84. The molecule has 2 saturated carbocycles. The first-order chi connectivity index (χ1) is 8.47. The molecule has 98 valence electrons. The van der Waals surface area contributed by atoms with E-state index in [-0.39, 0.29) is 29.2 Å². The normalized spacial score (nSPS) is 57.4. The van der Waals surface area contributed by atoms with Gasteiger partial charge in [0.05, 0.1) is 5.60 Å². The number of rotatable bonds is 0. The number of carbonyl (C=O) groups excluding carboxylic acids is 1. The zero-order valence-corrected chi connectivity index (χ0v) is 11.1. The van der Waals surface area contributed by atoms with Gasteiger partial charge in [-0.1, -0.05) is 13.5 Å². The van der Waals surface area contributed by atoms with Gasteiger partial charge in [0, 0.05) is 11.5 Å². The summed E-state index contributed by atoms with van der Waals surface area (Å²) in [6.45, 7) is 8.47. The van der Waals surface area contributed by atoms with E-state index in [9.17, 15) is 4.79 Å². The molecule has 0 amide bonds. The molecular weight excluding hydrogens is 228 g/mol. The molecule has 0 N–H and O–H groups in total. The molecule has 18 heavy (non-hydrogen) atoms. The van der Waals surface area contributed by atoms with Gasteiger partial charge in [0.15, 0.2) is 0 Å². The van der Waals surface area contributed by atoms with Gasteiger partial charge in [-0.3, -0.25) is 0 Å². The molecule has 2 heterocycles. The van der Waals surface area contributed by atoms with Crippen LogP contribution in [0.25, 0.3) is 0 Å². The van der Waals surface area contributed by atoms with Crippen molar-refractivity contribution in [2.75, 3.05) is 0 Å². The Balaban J connectivity index is 1.73. The average Bonchev–Trinajstić information content (AvgIpc) is 2.72. The van der Waals surface area contributed by atoms with Gasteiger partial charge in [0.2, 0.25) is 0 Å². The number of esters is 1. The van der Waals surface area contributed by atoms with E-state index in [1.165, 1.54) is 12.8 Å². The summed E-state index contributed by atoms with van der Waals surface area (Å²) in [5.41, 5.74) is 0.752. The molecular formula is C15H20O3. The Hall–Kier alpha value is -0.830. The minimum Gasteiger partial charge on any atom is -0.458 e. The van der Waals surface area contributed by atoms with Crippen LogP contribution in [0, 0.1) is 17.8 Å². The number of carbonyl (C=O) groups is 1. The summed E-state index contributed by atoms with van der Waals surface area (Å²) in [5.74, 6) is 1.21. The van der Waals surface area contributed by atoms with Gasteiger partial charge in [-0.05, 0) is 44.4 Å². The Bertz CT molecular complexity index is 457. The van der Waals surface area contributed by atoms with E-state index in [4.69, 9.17) is 9.47 Å². The van der Waals surface area contributed by atoms with Gasteiger partial charge < -0.3 is 9.47 Å². The van der Waals surface area contributed by atoms with Gasteiger partial charge >= 0.3 is 5.97 Å². The summed E-state index contributed by atoms with van der Waals surface area (Å²) in [4.78, 5) is 11.7. The molecule has 0 unspecified atom stereocenters. The van der Waals surface area contributed by atoms with Crippen LogP contribution < -0.4 is 0 Å². The largest absolute Gasteiger partial charge is 0.458 e. The molecule has 2 saturated heterocycles. The van der Waals surface area contributed by atoms with Crippen molar-refractivity contribution in [1.82, 2.24) is 0 Å². The molecule has 4 rings (SSSR count). The summed E-state index contributed by atoms with van der Waals surface area (Å²) in [6.07, 6.45) is 4.39. The molecule has 3 heteroatoms. The van der Waals surface area contributed by atoms with Gasteiger partial charge in [0.1, 0.15) is 11.7 Å². The summed E-state index contributed by atoms with van der Waals surface area (Å²) < 4.78 is 11.7. The zero-order valence-electron chi connectivity index (χ0n) is 11.1. The van der Waals surface area contributed by atoms with Gasteiger partial charge in [0.25, 0.3) is 0 Å². The van der Waals surface area contributed by atoms with E-state index in [1.54, 1.807) is 0 Å². The van der Waals surface area contributed by atoms with Crippen molar-refractivity contribution in [3.8, 4) is 0 Å². The number of fused-ring (bicyclic) bond motifs is 1. The smallest absolute Gasteiger partial charge is 0.334 e. The van der Waals surface area contributed by atoms with Crippen LogP contribution in [-0.4, -0.2) is 23.3 Å². The van der Waals surface area contributed by atoms with Crippen molar-refractivity contribution in [3.63, 3.8) is 0 Å². The Morgan fingerprint density at radius 1 is 1.44 bits per heavy atom. The number of hydrogen-bond acceptors (Lipinski definition) is 3. The number of epoxide rings is 1. The first kappa shape index (κ1) is 11.0. The van der Waals surface area contributed by atoms with Crippen LogP contribution >= 0.6 is 0 Å². The van der Waals surface area contributed by atoms with Crippen LogP contribution in [-0.2, 0) is 14.3 Å². The standard InChI is InChI=1S/C15H20O3/c1-8-6-12-10(9(2)13(16)17-12)7-15-11(8)4-5-14(15,3)18-15/h8,10-12H,2,4-7H2,1,3H3/t8-,10-,11-,12+,14-,15+/m1/s1. The van der Waals surface area contributed by atoms with Crippen molar-refractivity contribution in [2.45, 2.75) is 56.8 Å². The van der Waals surface area contributed by atoms with E-state index >= 15 is 0 Å². The lowest BCUT2D eigenvalue weighted by atomic mass is 9.79. The first-order valence-corrected chi connectivity index (χ1v) is 7.07. The lowest BCUT2D eigenvalue weighted by Gasteiger charge is -2.24. The molecule has 1 spiro atoms. The van der Waals surface area contributed by atoms with Crippen LogP contribution in [0.4, 0.5) is 0 Å². The molecule has 6 atom stereocenters. The molecule has 0 aromatic rings. The molecule has 3 nitrogen and oxygen atoms in total. The predicted octanol–water partition coefficient (Wildman–Crippen LogP) is 2.45. The van der Waals surface area contributed by atoms with Gasteiger partial charge in [-0.15, -0.1) is 0 Å². The van der Waals surface area contributed by atoms with Crippen molar-refractivity contribution in [1.29, 1.82) is 0 Å². The van der Waals surface area contributed by atoms with Crippen molar-refractivity contribution in [2.24, 2.45) is 17.8 Å². The fourth-order valence-corrected chi connectivity index (χ4v) is 4.92. The highest BCUT2D eigenvalue weighted by Gasteiger charge is 2.76. The fourth-order valence-electron chi connectivity index (χ4n) is 4.92. The third kappa shape index (κ3) is 1.08. The lowest BCUT2D eigenvalue weighted by molar-refractivity contribution is -0.139. The van der Waals surface area contributed by atoms with E-state index in [0.29, 0.717) is 17.4 Å². The second kappa shape index (κ2) is 3.01. The molecule has 4 aliphatic rings. The van der Waals surface area contributed by atoms with E-state index in [2.05, 4.69) is 20.4 Å². The van der Waals surface area contributed by atoms with Crippen LogP contribution in [0.5, 0.6) is 0 Å². The summed E-state index contributed by atoms with van der Waals surface area (Å²) in [7, 11) is 0. The van der Waals surface area contributed by atoms with Crippen LogP contribution in [0.2, 0.25) is 0 Å².